The summed E-state index contributed by atoms with van der Waals surface area (Å²) in [5.41, 5.74) is 4.23. The van der Waals surface area contributed by atoms with Gasteiger partial charge < -0.3 is 10.4 Å². The van der Waals surface area contributed by atoms with E-state index in [4.69, 9.17) is 16.7 Å². The van der Waals surface area contributed by atoms with Crippen molar-refractivity contribution in [3.05, 3.63) is 85.7 Å². The molecule has 2 aromatic carbocycles. The maximum Gasteiger partial charge on any atom is 0.417 e. The van der Waals surface area contributed by atoms with Crippen LogP contribution in [0.15, 0.2) is 47.6 Å². The van der Waals surface area contributed by atoms with E-state index in [9.17, 15) is 22.8 Å². The van der Waals surface area contributed by atoms with Gasteiger partial charge in [0.25, 0.3) is 11.8 Å². The molecule has 0 unspecified atom stereocenters. The number of nitrogens with one attached hydrogen (secondary N) is 2. The number of anilines is 1. The second-order valence-electron chi connectivity index (χ2n) is 10.8. The highest BCUT2D eigenvalue weighted by Crippen LogP contribution is 2.38. The van der Waals surface area contributed by atoms with Crippen LogP contribution in [0.3, 0.4) is 0 Å². The Morgan fingerprint density at radius 1 is 1.02 bits per heavy atom. The second kappa shape index (κ2) is 14.2. The Balaban J connectivity index is 1.28. The summed E-state index contributed by atoms with van der Waals surface area (Å²) in [4.78, 5) is 32.3. The van der Waals surface area contributed by atoms with Crippen LogP contribution in [0.1, 0.15) is 60.7 Å². The van der Waals surface area contributed by atoms with Crippen molar-refractivity contribution >= 4 is 46.0 Å². The Morgan fingerprint density at radius 2 is 1.77 bits per heavy atom. The van der Waals surface area contributed by atoms with Crippen molar-refractivity contribution < 1.29 is 27.9 Å². The van der Waals surface area contributed by atoms with E-state index >= 15 is 0 Å². The lowest BCUT2D eigenvalue weighted by molar-refractivity contribution is -0.137. The summed E-state index contributed by atoms with van der Waals surface area (Å²) in [6, 6.07) is 10.8. The molecule has 3 N–H and O–H groups in total. The van der Waals surface area contributed by atoms with E-state index in [0.717, 1.165) is 79.8 Å². The van der Waals surface area contributed by atoms with Crippen molar-refractivity contribution in [1.82, 2.24) is 15.2 Å². The van der Waals surface area contributed by atoms with Gasteiger partial charge in [0.15, 0.2) is 0 Å². The number of rotatable bonds is 9. The first-order valence-corrected chi connectivity index (χ1v) is 15.6. The molecule has 1 aliphatic carbocycles. The van der Waals surface area contributed by atoms with Gasteiger partial charge in [-0.25, -0.2) is 5.43 Å². The van der Waals surface area contributed by atoms with Crippen LogP contribution >= 0.6 is 22.9 Å². The van der Waals surface area contributed by atoms with Crippen molar-refractivity contribution in [2.45, 2.75) is 38.4 Å². The van der Waals surface area contributed by atoms with Gasteiger partial charge in [0.05, 0.1) is 29.0 Å². The topological polar surface area (TPSA) is 97.3 Å². The molecule has 13 heteroatoms. The van der Waals surface area contributed by atoms with Gasteiger partial charge in [0.1, 0.15) is 5.00 Å². The molecule has 3 aromatic rings. The van der Waals surface area contributed by atoms with E-state index < -0.39 is 22.7 Å². The standard InChI is InChI=1S/C31H33ClF3N5O3S/c32-25-9-8-20(17-24(25)31(33,34)35)18-36-38-29(43)27-23-6-1-2-7-26(23)44-30(27)37-28(42)22-5-3-4-21(16-22)19-40-12-10-39(11-13-40)14-15-41/h3-5,8-9,16-18,41H,1-2,6-7,10-15,19H2,(H,37,42)(H,38,43). The Bertz CT molecular complexity index is 1540. The van der Waals surface area contributed by atoms with Crippen LogP contribution in [0.25, 0.3) is 0 Å². The smallest absolute Gasteiger partial charge is 0.395 e. The third-order valence-corrected chi connectivity index (χ3v) is 9.31. The number of alkyl halides is 3. The van der Waals surface area contributed by atoms with E-state index in [1.807, 2.05) is 18.2 Å². The number of hydrogen-bond acceptors (Lipinski definition) is 7. The molecule has 0 atom stereocenters. The highest BCUT2D eigenvalue weighted by atomic mass is 35.5. The minimum absolute atomic E-state index is 0.120. The average molecular weight is 648 g/mol. The maximum atomic E-state index is 13.4. The zero-order valence-electron chi connectivity index (χ0n) is 23.9. The Hall–Kier alpha value is -3.29. The molecule has 1 aromatic heterocycles. The summed E-state index contributed by atoms with van der Waals surface area (Å²) < 4.78 is 39.7. The summed E-state index contributed by atoms with van der Waals surface area (Å²) in [6.45, 7) is 5.04. The van der Waals surface area contributed by atoms with Gasteiger partial charge in [-0.05, 0) is 66.6 Å². The fraction of sp³-hybridized carbons (Fsp3) is 0.387. The quantitative estimate of drug-likeness (QED) is 0.213. The number of β-amino-alcohol motifs (C(OH)–C–C–N with tert-alkyl or cyclic N) is 1. The predicted molar refractivity (Wildman–Crippen MR) is 166 cm³/mol. The maximum absolute atomic E-state index is 13.4. The number of carbonyl (C=O) groups excluding carboxylic acids is 2. The largest absolute Gasteiger partial charge is 0.417 e. The summed E-state index contributed by atoms with van der Waals surface area (Å²) in [7, 11) is 0. The highest BCUT2D eigenvalue weighted by molar-refractivity contribution is 7.17. The van der Waals surface area contributed by atoms with Crippen molar-refractivity contribution in [3.8, 4) is 0 Å². The van der Waals surface area contributed by atoms with Crippen LogP contribution in [0.5, 0.6) is 0 Å². The molecule has 5 rings (SSSR count). The summed E-state index contributed by atoms with van der Waals surface area (Å²) in [5, 5.41) is 16.0. The van der Waals surface area contributed by atoms with Crippen molar-refractivity contribution in [2.75, 3.05) is 44.6 Å². The molecule has 44 heavy (non-hydrogen) atoms. The van der Waals surface area contributed by atoms with E-state index in [1.165, 1.54) is 17.4 Å². The zero-order chi connectivity index (χ0) is 31.3. The van der Waals surface area contributed by atoms with Crippen molar-refractivity contribution in [2.24, 2.45) is 5.10 Å². The first kappa shape index (κ1) is 32.1. The fourth-order valence-electron chi connectivity index (χ4n) is 5.51. The highest BCUT2D eigenvalue weighted by Gasteiger charge is 2.33. The molecule has 2 aliphatic rings. The lowest BCUT2D eigenvalue weighted by atomic mass is 9.95. The predicted octanol–water partition coefficient (Wildman–Crippen LogP) is 5.43. The molecule has 0 bridgehead atoms. The minimum Gasteiger partial charge on any atom is -0.395 e. The van der Waals surface area contributed by atoms with E-state index in [1.54, 1.807) is 6.07 Å². The number of carbonyl (C=O) groups is 2. The van der Waals surface area contributed by atoms with Gasteiger partial charge in [0.2, 0.25) is 0 Å². The molecular formula is C31H33ClF3N5O3S. The van der Waals surface area contributed by atoms with Crippen LogP contribution in [0.2, 0.25) is 5.02 Å². The molecule has 0 spiro atoms. The molecular weight excluding hydrogens is 615 g/mol. The lowest BCUT2D eigenvalue weighted by Gasteiger charge is -2.34. The molecule has 0 radical (unpaired) electrons. The zero-order valence-corrected chi connectivity index (χ0v) is 25.5. The van der Waals surface area contributed by atoms with Gasteiger partial charge in [-0.15, -0.1) is 11.3 Å². The summed E-state index contributed by atoms with van der Waals surface area (Å²) >= 11 is 7.06. The number of aliphatic hydroxyl groups is 1. The molecule has 0 saturated carbocycles. The summed E-state index contributed by atoms with van der Waals surface area (Å²) in [6.07, 6.45) is -0.134. The molecule has 8 nitrogen and oxygen atoms in total. The Morgan fingerprint density at radius 3 is 2.52 bits per heavy atom. The lowest BCUT2D eigenvalue weighted by Crippen LogP contribution is -2.46. The molecule has 1 fully saturated rings. The first-order chi connectivity index (χ1) is 21.1. The fourth-order valence-corrected chi connectivity index (χ4v) is 7.02. The van der Waals surface area contributed by atoms with E-state index in [2.05, 4.69) is 25.6 Å². The number of hydrazone groups is 1. The SMILES string of the molecule is O=C(Nc1sc2c(c1C(=O)NN=Cc1ccc(Cl)c(C(F)(F)F)c1)CCCC2)c1cccc(CN2CCN(CCO)CC2)c1. The number of aliphatic hydroxyl groups excluding tert-OH is 1. The van der Waals surface area contributed by atoms with E-state index in [-0.39, 0.29) is 18.1 Å². The van der Waals surface area contributed by atoms with Crippen molar-refractivity contribution in [1.29, 1.82) is 0 Å². The van der Waals surface area contributed by atoms with Crippen molar-refractivity contribution in [3.63, 3.8) is 0 Å². The molecule has 234 valence electrons. The van der Waals surface area contributed by atoms with Gasteiger partial charge in [0, 0.05) is 49.7 Å². The van der Waals surface area contributed by atoms with Crippen LogP contribution in [0.4, 0.5) is 18.2 Å². The molecule has 2 amide bonds. The Kier molecular flexibility index (Phi) is 10.4. The average Bonchev–Trinajstić information content (AvgIpc) is 3.36. The van der Waals surface area contributed by atoms with Crippen LogP contribution in [-0.2, 0) is 25.6 Å². The number of benzene rings is 2. The van der Waals surface area contributed by atoms with Gasteiger partial charge in [-0.2, -0.15) is 18.3 Å². The van der Waals surface area contributed by atoms with Crippen LogP contribution in [-0.4, -0.2) is 72.3 Å². The molecule has 1 aliphatic heterocycles. The normalized spacial score (nSPS) is 16.2. The number of aryl methyl sites for hydroxylation is 1. The summed E-state index contributed by atoms with van der Waals surface area (Å²) in [5.74, 6) is -0.883. The van der Waals surface area contributed by atoms with Gasteiger partial charge in [-0.3, -0.25) is 19.4 Å². The monoisotopic (exact) mass is 647 g/mol. The number of amides is 2. The third-order valence-electron chi connectivity index (χ3n) is 7.78. The molecule has 1 saturated heterocycles. The number of thiophene rings is 1. The second-order valence-corrected chi connectivity index (χ2v) is 12.4. The van der Waals surface area contributed by atoms with E-state index in [0.29, 0.717) is 35.6 Å². The first-order valence-electron chi connectivity index (χ1n) is 14.4. The van der Waals surface area contributed by atoms with Crippen LogP contribution < -0.4 is 10.7 Å². The van der Waals surface area contributed by atoms with Crippen LogP contribution in [0, 0.1) is 0 Å². The number of fused-ring (bicyclic) bond motifs is 1. The van der Waals surface area contributed by atoms with Gasteiger partial charge >= 0.3 is 6.18 Å². The third kappa shape index (κ3) is 7.86. The minimum atomic E-state index is -4.62. The number of halogens is 4. The number of hydrogen-bond donors (Lipinski definition) is 3. The Labute approximate surface area is 262 Å². The van der Waals surface area contributed by atoms with Gasteiger partial charge in [-0.1, -0.05) is 29.8 Å². The number of piperazine rings is 1. The number of nitrogens with zero attached hydrogens (tertiary/aromatic N) is 3. The molecule has 2 heterocycles.